The molecule has 0 saturated heterocycles. The maximum Gasteiger partial charge on any atom is 0.204 e. The predicted molar refractivity (Wildman–Crippen MR) is 82.1 cm³/mol. The van der Waals surface area contributed by atoms with E-state index in [1.807, 2.05) is 25.5 Å². The zero-order valence-corrected chi connectivity index (χ0v) is 13.5. The Bertz CT molecular complexity index is 828. The summed E-state index contributed by atoms with van der Waals surface area (Å²) in [6.07, 6.45) is 1.52. The zero-order valence-electron chi connectivity index (χ0n) is 13.5. The van der Waals surface area contributed by atoms with E-state index in [9.17, 15) is 4.39 Å². The SMILES string of the molecule is Cc1cc(-c2nnn(Cc3ncnn3C(C)(C)C)n2)ccc1F. The van der Waals surface area contributed by atoms with Crippen molar-refractivity contribution >= 4 is 0 Å². The molecule has 2 aromatic heterocycles. The molecule has 0 bridgehead atoms. The molecular formula is C15H18FN7. The van der Waals surface area contributed by atoms with Crippen LogP contribution in [0.25, 0.3) is 11.4 Å². The third kappa shape index (κ3) is 3.10. The highest BCUT2D eigenvalue weighted by Gasteiger charge is 2.19. The molecule has 0 atom stereocenters. The second-order valence-electron chi connectivity index (χ2n) is 6.37. The molecule has 7 nitrogen and oxygen atoms in total. The first-order chi connectivity index (χ1) is 10.8. The summed E-state index contributed by atoms with van der Waals surface area (Å²) in [5.74, 6) is 0.950. The Hall–Kier alpha value is -2.64. The molecule has 3 aromatic rings. The van der Waals surface area contributed by atoms with Crippen LogP contribution in [0.1, 0.15) is 32.2 Å². The number of rotatable bonds is 3. The number of hydrogen-bond acceptors (Lipinski definition) is 5. The van der Waals surface area contributed by atoms with Gasteiger partial charge in [-0.25, -0.2) is 14.1 Å². The van der Waals surface area contributed by atoms with E-state index in [2.05, 4.69) is 25.5 Å². The molecule has 0 aliphatic carbocycles. The highest BCUT2D eigenvalue weighted by atomic mass is 19.1. The minimum atomic E-state index is -0.251. The number of hydrogen-bond donors (Lipinski definition) is 0. The highest BCUT2D eigenvalue weighted by Crippen LogP contribution is 2.18. The van der Waals surface area contributed by atoms with Gasteiger partial charge in [0, 0.05) is 5.56 Å². The van der Waals surface area contributed by atoms with Crippen molar-refractivity contribution in [1.29, 1.82) is 0 Å². The zero-order chi connectivity index (χ0) is 16.6. The maximum atomic E-state index is 13.3. The van der Waals surface area contributed by atoms with Crippen LogP contribution >= 0.6 is 0 Å². The Morgan fingerprint density at radius 1 is 1.22 bits per heavy atom. The minimum Gasteiger partial charge on any atom is -0.243 e. The number of aromatic nitrogens is 7. The molecule has 120 valence electrons. The fourth-order valence-corrected chi connectivity index (χ4v) is 2.27. The molecule has 1 aromatic carbocycles. The van der Waals surface area contributed by atoms with Gasteiger partial charge in [-0.15, -0.1) is 10.2 Å². The van der Waals surface area contributed by atoms with Crippen molar-refractivity contribution in [3.8, 4) is 11.4 Å². The average molecular weight is 315 g/mol. The van der Waals surface area contributed by atoms with Crippen molar-refractivity contribution in [1.82, 2.24) is 35.0 Å². The van der Waals surface area contributed by atoms with Gasteiger partial charge in [-0.2, -0.15) is 9.90 Å². The molecule has 2 heterocycles. The van der Waals surface area contributed by atoms with Crippen LogP contribution < -0.4 is 0 Å². The monoisotopic (exact) mass is 315 g/mol. The first-order valence-corrected chi connectivity index (χ1v) is 7.28. The Morgan fingerprint density at radius 2 is 2.00 bits per heavy atom. The Kier molecular flexibility index (Phi) is 3.67. The number of aryl methyl sites for hydroxylation is 1. The summed E-state index contributed by atoms with van der Waals surface area (Å²) in [5, 5.41) is 16.7. The van der Waals surface area contributed by atoms with Gasteiger partial charge in [0.15, 0.2) is 5.82 Å². The molecule has 0 aliphatic rings. The van der Waals surface area contributed by atoms with E-state index < -0.39 is 0 Å². The number of halogens is 1. The van der Waals surface area contributed by atoms with Gasteiger partial charge in [0.05, 0.1) is 5.54 Å². The summed E-state index contributed by atoms with van der Waals surface area (Å²) in [6, 6.07) is 4.75. The molecule has 23 heavy (non-hydrogen) atoms. The van der Waals surface area contributed by atoms with Crippen LogP contribution in [0.4, 0.5) is 4.39 Å². The molecule has 0 unspecified atom stereocenters. The van der Waals surface area contributed by atoms with Crippen molar-refractivity contribution in [3.63, 3.8) is 0 Å². The summed E-state index contributed by atoms with van der Waals surface area (Å²) in [7, 11) is 0. The lowest BCUT2D eigenvalue weighted by Crippen LogP contribution is -2.26. The maximum absolute atomic E-state index is 13.3. The summed E-state index contributed by atoms with van der Waals surface area (Å²) in [5.41, 5.74) is 1.10. The van der Waals surface area contributed by atoms with Crippen molar-refractivity contribution < 1.29 is 4.39 Å². The van der Waals surface area contributed by atoms with Crippen LogP contribution in [0.2, 0.25) is 0 Å². The summed E-state index contributed by atoms with van der Waals surface area (Å²) in [4.78, 5) is 5.72. The lowest BCUT2D eigenvalue weighted by molar-refractivity contribution is 0.333. The molecule has 0 amide bonds. The highest BCUT2D eigenvalue weighted by molar-refractivity contribution is 5.55. The first-order valence-electron chi connectivity index (χ1n) is 7.28. The Morgan fingerprint density at radius 3 is 2.70 bits per heavy atom. The van der Waals surface area contributed by atoms with Crippen LogP contribution in [0, 0.1) is 12.7 Å². The molecule has 0 spiro atoms. The topological polar surface area (TPSA) is 74.3 Å². The van der Waals surface area contributed by atoms with Crippen LogP contribution in [-0.2, 0) is 12.1 Å². The quantitative estimate of drug-likeness (QED) is 0.740. The van der Waals surface area contributed by atoms with E-state index in [4.69, 9.17) is 0 Å². The van der Waals surface area contributed by atoms with Gasteiger partial charge in [-0.05, 0) is 56.7 Å². The molecule has 0 aliphatic heterocycles. The average Bonchev–Trinajstić information content (AvgIpc) is 3.11. The second-order valence-corrected chi connectivity index (χ2v) is 6.37. The van der Waals surface area contributed by atoms with Crippen LogP contribution in [-0.4, -0.2) is 35.0 Å². The summed E-state index contributed by atoms with van der Waals surface area (Å²) in [6.45, 7) is 8.21. The third-order valence-electron chi connectivity index (χ3n) is 3.41. The smallest absolute Gasteiger partial charge is 0.204 e. The van der Waals surface area contributed by atoms with Gasteiger partial charge in [0.1, 0.15) is 18.7 Å². The fourth-order valence-electron chi connectivity index (χ4n) is 2.27. The van der Waals surface area contributed by atoms with E-state index in [0.29, 0.717) is 17.9 Å². The van der Waals surface area contributed by atoms with Crippen molar-refractivity contribution in [3.05, 3.63) is 41.7 Å². The van der Waals surface area contributed by atoms with Crippen LogP contribution in [0.5, 0.6) is 0 Å². The van der Waals surface area contributed by atoms with E-state index in [1.54, 1.807) is 19.1 Å². The van der Waals surface area contributed by atoms with Crippen LogP contribution in [0.3, 0.4) is 0 Å². The van der Waals surface area contributed by atoms with E-state index in [-0.39, 0.29) is 11.4 Å². The number of nitrogens with zero attached hydrogens (tertiary/aromatic N) is 7. The molecule has 8 heteroatoms. The Balaban J connectivity index is 1.86. The molecule has 0 fully saturated rings. The summed E-state index contributed by atoms with van der Waals surface area (Å²) >= 11 is 0. The molecule has 3 rings (SSSR count). The summed E-state index contributed by atoms with van der Waals surface area (Å²) < 4.78 is 15.2. The van der Waals surface area contributed by atoms with Crippen molar-refractivity contribution in [2.75, 3.05) is 0 Å². The van der Waals surface area contributed by atoms with Crippen molar-refractivity contribution in [2.45, 2.75) is 39.8 Å². The lowest BCUT2D eigenvalue weighted by Gasteiger charge is -2.20. The second kappa shape index (κ2) is 5.53. The normalized spacial score (nSPS) is 11.9. The van der Waals surface area contributed by atoms with Gasteiger partial charge in [-0.1, -0.05) is 0 Å². The fraction of sp³-hybridized carbons (Fsp3) is 0.400. The van der Waals surface area contributed by atoms with E-state index in [1.165, 1.54) is 17.2 Å². The van der Waals surface area contributed by atoms with Gasteiger partial charge in [0.25, 0.3) is 0 Å². The lowest BCUT2D eigenvalue weighted by atomic mass is 10.1. The number of tetrazole rings is 1. The Labute approximate surface area is 133 Å². The standard InChI is InChI=1S/C15H18FN7/c1-10-7-11(5-6-12(10)16)14-19-21-22(20-14)8-13-17-9-18-23(13)15(2,3)4/h5-7,9H,8H2,1-4H3. The molecule has 0 N–H and O–H groups in total. The molecule has 0 saturated carbocycles. The minimum absolute atomic E-state index is 0.177. The first kappa shape index (κ1) is 15.3. The molecular weight excluding hydrogens is 297 g/mol. The predicted octanol–water partition coefficient (Wildman–Crippen LogP) is 2.18. The van der Waals surface area contributed by atoms with E-state index >= 15 is 0 Å². The van der Waals surface area contributed by atoms with E-state index in [0.717, 1.165) is 11.4 Å². The number of benzene rings is 1. The van der Waals surface area contributed by atoms with Gasteiger partial charge < -0.3 is 0 Å². The van der Waals surface area contributed by atoms with Gasteiger partial charge in [0.2, 0.25) is 5.82 Å². The molecule has 0 radical (unpaired) electrons. The van der Waals surface area contributed by atoms with Crippen LogP contribution in [0.15, 0.2) is 24.5 Å². The van der Waals surface area contributed by atoms with Gasteiger partial charge >= 0.3 is 0 Å². The third-order valence-corrected chi connectivity index (χ3v) is 3.41. The van der Waals surface area contributed by atoms with Crippen molar-refractivity contribution in [2.24, 2.45) is 0 Å². The van der Waals surface area contributed by atoms with Gasteiger partial charge in [-0.3, -0.25) is 0 Å². The largest absolute Gasteiger partial charge is 0.243 e.